The average Bonchev–Trinajstić information content (AvgIpc) is 2.66. The van der Waals surface area contributed by atoms with E-state index in [1.807, 2.05) is 0 Å². The van der Waals surface area contributed by atoms with Crippen molar-refractivity contribution in [1.29, 1.82) is 0 Å². The van der Waals surface area contributed by atoms with Gasteiger partial charge in [0.2, 0.25) is 0 Å². The van der Waals surface area contributed by atoms with Gasteiger partial charge in [-0.2, -0.15) is 0 Å². The smallest absolute Gasteiger partial charge is 0.303 e. The number of nitrogens with zero attached hydrogens (tertiary/aromatic N) is 2. The van der Waals surface area contributed by atoms with Crippen molar-refractivity contribution in [3.05, 3.63) is 36.2 Å². The highest BCUT2D eigenvalue weighted by Gasteiger charge is 2.22. The summed E-state index contributed by atoms with van der Waals surface area (Å²) in [5.41, 5.74) is 1.95. The van der Waals surface area contributed by atoms with Crippen LogP contribution in [0.25, 0.3) is 11.0 Å². The number of hydrogen-bond acceptors (Lipinski definition) is 4. The van der Waals surface area contributed by atoms with Crippen molar-refractivity contribution in [2.45, 2.75) is 57.4 Å². The maximum atomic E-state index is 12.7. The van der Waals surface area contributed by atoms with Crippen LogP contribution in [0.3, 0.4) is 0 Å². The van der Waals surface area contributed by atoms with Crippen LogP contribution in [-0.4, -0.2) is 33.0 Å². The first-order valence-corrected chi connectivity index (χ1v) is 9.35. The summed E-state index contributed by atoms with van der Waals surface area (Å²) in [7, 11) is 0. The fraction of sp³-hybridized carbons (Fsp3) is 0.500. The molecule has 1 aliphatic rings. The third-order valence-electron chi connectivity index (χ3n) is 5.12. The Bertz CT molecular complexity index is 772. The highest BCUT2D eigenvalue weighted by molar-refractivity contribution is 5.97. The van der Waals surface area contributed by atoms with Crippen LogP contribution in [0.1, 0.15) is 61.7 Å². The fourth-order valence-electron chi connectivity index (χ4n) is 3.75. The van der Waals surface area contributed by atoms with E-state index in [1.54, 1.807) is 30.6 Å². The molecule has 2 aromatic rings. The number of carbonyl (C=O) groups excluding carboxylic acids is 1. The van der Waals surface area contributed by atoms with Crippen LogP contribution in [0, 0.1) is 5.92 Å². The standard InChI is InChI=1S/C20H25N3O3/c24-19(25)9-7-16(12-14-4-2-1-3-5-14)23-20(26)15-6-8-17-18(13-15)22-11-10-21-17/h6,8,10-11,13-14,16H,1-5,7,9,12H2,(H,23,26)(H,24,25). The van der Waals surface area contributed by atoms with Crippen molar-refractivity contribution in [2.24, 2.45) is 5.92 Å². The molecule has 138 valence electrons. The quantitative estimate of drug-likeness (QED) is 0.792. The molecule has 2 N–H and O–H groups in total. The second-order valence-electron chi connectivity index (χ2n) is 7.10. The molecule has 26 heavy (non-hydrogen) atoms. The molecular weight excluding hydrogens is 330 g/mol. The van der Waals surface area contributed by atoms with E-state index in [-0.39, 0.29) is 18.4 Å². The number of hydrogen-bond donors (Lipinski definition) is 2. The summed E-state index contributed by atoms with van der Waals surface area (Å²) in [5, 5.41) is 12.1. The van der Waals surface area contributed by atoms with E-state index in [0.29, 0.717) is 23.4 Å². The number of benzene rings is 1. The third kappa shape index (κ3) is 5.00. The zero-order valence-corrected chi connectivity index (χ0v) is 14.9. The Labute approximate surface area is 153 Å². The van der Waals surface area contributed by atoms with Crippen LogP contribution in [0.15, 0.2) is 30.6 Å². The molecule has 1 atom stereocenters. The molecule has 6 heteroatoms. The van der Waals surface area contributed by atoms with E-state index in [0.717, 1.165) is 11.9 Å². The van der Waals surface area contributed by atoms with Gasteiger partial charge in [0, 0.05) is 30.4 Å². The van der Waals surface area contributed by atoms with Crippen LogP contribution in [0.5, 0.6) is 0 Å². The van der Waals surface area contributed by atoms with Gasteiger partial charge in [-0.25, -0.2) is 0 Å². The highest BCUT2D eigenvalue weighted by Crippen LogP contribution is 2.28. The van der Waals surface area contributed by atoms with Gasteiger partial charge in [-0.3, -0.25) is 19.6 Å². The molecule has 0 aliphatic heterocycles. The summed E-state index contributed by atoms with van der Waals surface area (Å²) in [5.74, 6) is -0.428. The normalized spacial score (nSPS) is 16.3. The first kappa shape index (κ1) is 18.3. The van der Waals surface area contributed by atoms with Crippen molar-refractivity contribution in [3.8, 4) is 0 Å². The van der Waals surface area contributed by atoms with Crippen molar-refractivity contribution >= 4 is 22.9 Å². The van der Waals surface area contributed by atoms with Gasteiger partial charge in [0.15, 0.2) is 0 Å². The number of carboxylic acid groups (broad SMARTS) is 1. The van der Waals surface area contributed by atoms with Crippen LogP contribution < -0.4 is 5.32 Å². The van der Waals surface area contributed by atoms with E-state index in [9.17, 15) is 9.59 Å². The Morgan fingerprint density at radius 2 is 1.85 bits per heavy atom. The van der Waals surface area contributed by atoms with E-state index in [4.69, 9.17) is 5.11 Å². The lowest BCUT2D eigenvalue weighted by molar-refractivity contribution is -0.137. The van der Waals surface area contributed by atoms with Crippen LogP contribution in [-0.2, 0) is 4.79 Å². The topological polar surface area (TPSA) is 92.2 Å². The van der Waals surface area contributed by atoms with Gasteiger partial charge in [0.05, 0.1) is 11.0 Å². The first-order chi connectivity index (χ1) is 12.6. The minimum Gasteiger partial charge on any atom is -0.481 e. The Morgan fingerprint density at radius 3 is 2.58 bits per heavy atom. The summed E-state index contributed by atoms with van der Waals surface area (Å²) in [6.45, 7) is 0. The maximum Gasteiger partial charge on any atom is 0.303 e. The molecule has 0 spiro atoms. The van der Waals surface area contributed by atoms with Crippen molar-refractivity contribution in [2.75, 3.05) is 0 Å². The van der Waals surface area contributed by atoms with Gasteiger partial charge >= 0.3 is 5.97 Å². The molecule has 3 rings (SSSR count). The number of nitrogens with one attached hydrogen (secondary N) is 1. The molecule has 0 bridgehead atoms. The monoisotopic (exact) mass is 355 g/mol. The van der Waals surface area contributed by atoms with Gasteiger partial charge in [-0.1, -0.05) is 32.1 Å². The average molecular weight is 355 g/mol. The van der Waals surface area contributed by atoms with Crippen molar-refractivity contribution in [3.63, 3.8) is 0 Å². The molecule has 1 heterocycles. The number of fused-ring (bicyclic) bond motifs is 1. The van der Waals surface area contributed by atoms with Gasteiger partial charge in [0.1, 0.15) is 0 Å². The molecule has 0 saturated heterocycles. The van der Waals surface area contributed by atoms with E-state index < -0.39 is 5.97 Å². The zero-order valence-electron chi connectivity index (χ0n) is 14.9. The van der Waals surface area contributed by atoms with Gasteiger partial charge in [-0.15, -0.1) is 0 Å². The minimum atomic E-state index is -0.825. The zero-order chi connectivity index (χ0) is 18.4. The molecule has 1 unspecified atom stereocenters. The maximum absolute atomic E-state index is 12.7. The fourth-order valence-corrected chi connectivity index (χ4v) is 3.75. The summed E-state index contributed by atoms with van der Waals surface area (Å²) in [4.78, 5) is 32.1. The number of rotatable bonds is 7. The van der Waals surface area contributed by atoms with Gasteiger partial charge in [-0.05, 0) is 37.0 Å². The molecule has 1 aromatic carbocycles. The van der Waals surface area contributed by atoms with Crippen LogP contribution in [0.4, 0.5) is 0 Å². The van der Waals surface area contributed by atoms with Gasteiger partial charge in [0.25, 0.3) is 5.91 Å². The van der Waals surface area contributed by atoms with E-state index in [2.05, 4.69) is 15.3 Å². The summed E-state index contributed by atoms with van der Waals surface area (Å²) in [6, 6.07) is 5.14. The molecular formula is C20H25N3O3. The minimum absolute atomic E-state index is 0.0703. The molecule has 1 aliphatic carbocycles. The number of carbonyl (C=O) groups is 2. The second-order valence-corrected chi connectivity index (χ2v) is 7.10. The Hall–Kier alpha value is -2.50. The van der Waals surface area contributed by atoms with Gasteiger partial charge < -0.3 is 10.4 Å². The molecule has 1 aromatic heterocycles. The largest absolute Gasteiger partial charge is 0.481 e. The summed E-state index contributed by atoms with van der Waals surface area (Å²) in [6.07, 6.45) is 10.7. The molecule has 0 radical (unpaired) electrons. The van der Waals surface area contributed by atoms with E-state index in [1.165, 1.54) is 32.1 Å². The Balaban J connectivity index is 1.68. The Kier molecular flexibility index (Phi) is 6.15. The number of aliphatic carboxylic acids is 1. The predicted octanol–water partition coefficient (Wildman–Crippen LogP) is 3.56. The van der Waals surface area contributed by atoms with Crippen LogP contribution in [0.2, 0.25) is 0 Å². The first-order valence-electron chi connectivity index (χ1n) is 9.35. The van der Waals surface area contributed by atoms with Crippen molar-refractivity contribution < 1.29 is 14.7 Å². The molecule has 1 amide bonds. The predicted molar refractivity (Wildman–Crippen MR) is 98.9 cm³/mol. The second kappa shape index (κ2) is 8.74. The lowest BCUT2D eigenvalue weighted by Crippen LogP contribution is -2.37. The molecule has 1 fully saturated rings. The number of amides is 1. The molecule has 6 nitrogen and oxygen atoms in total. The Morgan fingerprint density at radius 1 is 1.12 bits per heavy atom. The van der Waals surface area contributed by atoms with Crippen molar-refractivity contribution in [1.82, 2.24) is 15.3 Å². The lowest BCUT2D eigenvalue weighted by Gasteiger charge is -2.27. The third-order valence-corrected chi connectivity index (χ3v) is 5.12. The number of carboxylic acids is 1. The van der Waals surface area contributed by atoms with Crippen LogP contribution >= 0.6 is 0 Å². The summed E-state index contributed by atoms with van der Waals surface area (Å²) < 4.78 is 0. The SMILES string of the molecule is O=C(O)CCC(CC1CCCCC1)NC(=O)c1ccc2nccnc2c1. The number of aromatic nitrogens is 2. The lowest BCUT2D eigenvalue weighted by atomic mass is 9.84. The summed E-state index contributed by atoms with van der Waals surface area (Å²) >= 11 is 0. The molecule has 1 saturated carbocycles. The van der Waals surface area contributed by atoms with E-state index >= 15 is 0 Å². The highest BCUT2D eigenvalue weighted by atomic mass is 16.4.